The van der Waals surface area contributed by atoms with Gasteiger partial charge in [-0.25, -0.2) is 8.42 Å². The van der Waals surface area contributed by atoms with Crippen LogP contribution >= 0.6 is 0 Å². The first-order chi connectivity index (χ1) is 11.7. The molecule has 2 aliphatic rings. The quantitative estimate of drug-likeness (QED) is 0.894. The van der Waals surface area contributed by atoms with Crippen molar-refractivity contribution < 1.29 is 13.2 Å². The van der Waals surface area contributed by atoms with Crippen molar-refractivity contribution in [3.8, 4) is 0 Å². The van der Waals surface area contributed by atoms with Gasteiger partial charge in [-0.2, -0.15) is 0 Å². The van der Waals surface area contributed by atoms with Crippen LogP contribution in [0.3, 0.4) is 0 Å². The molecule has 2 heterocycles. The molecule has 1 atom stereocenters. The number of nitrogens with zero attached hydrogens (tertiary/aromatic N) is 2. The highest BCUT2D eigenvalue weighted by molar-refractivity contribution is 7.90. The van der Waals surface area contributed by atoms with Gasteiger partial charge in [0.2, 0.25) is 5.91 Å². The molecule has 0 saturated carbocycles. The Kier molecular flexibility index (Phi) is 4.62. The molecule has 0 radical (unpaired) electrons. The molecular formula is C18H25N3O3S. The van der Waals surface area contributed by atoms with Crippen LogP contribution in [-0.4, -0.2) is 44.2 Å². The first kappa shape index (κ1) is 17.9. The predicted octanol–water partition coefficient (Wildman–Crippen LogP) is 2.15. The molecular weight excluding hydrogens is 338 g/mol. The molecule has 1 saturated heterocycles. The highest BCUT2D eigenvalue weighted by atomic mass is 32.2. The second-order valence-corrected chi connectivity index (χ2v) is 9.57. The summed E-state index contributed by atoms with van der Waals surface area (Å²) < 4.78 is 26.6. The van der Waals surface area contributed by atoms with Crippen LogP contribution < -0.4 is 4.72 Å². The lowest BCUT2D eigenvalue weighted by Crippen LogP contribution is -2.39. The van der Waals surface area contributed by atoms with Crippen molar-refractivity contribution in [3.63, 3.8) is 0 Å². The molecule has 0 aromatic heterocycles. The van der Waals surface area contributed by atoms with E-state index in [0.29, 0.717) is 5.56 Å². The number of hydrogen-bond donors (Lipinski definition) is 1. The molecule has 1 aromatic carbocycles. The Bertz CT molecular complexity index is 809. The molecule has 136 valence electrons. The summed E-state index contributed by atoms with van der Waals surface area (Å²) in [6, 6.07) is 6.93. The summed E-state index contributed by atoms with van der Waals surface area (Å²) in [5, 5.41) is 0. The van der Waals surface area contributed by atoms with Gasteiger partial charge in [0, 0.05) is 18.2 Å². The summed E-state index contributed by atoms with van der Waals surface area (Å²) in [6.07, 6.45) is 3.00. The minimum absolute atomic E-state index is 0.0349. The van der Waals surface area contributed by atoms with Crippen molar-refractivity contribution in [2.24, 2.45) is 10.4 Å². The van der Waals surface area contributed by atoms with E-state index in [4.69, 9.17) is 0 Å². The third kappa shape index (κ3) is 3.86. The summed E-state index contributed by atoms with van der Waals surface area (Å²) in [7, 11) is -3.56. The van der Waals surface area contributed by atoms with Crippen molar-refractivity contribution in [2.45, 2.75) is 51.0 Å². The molecule has 25 heavy (non-hydrogen) atoms. The summed E-state index contributed by atoms with van der Waals surface area (Å²) in [5.74, 6) is 0.221. The van der Waals surface area contributed by atoms with E-state index in [9.17, 15) is 13.2 Å². The number of sulfonamides is 1. The zero-order chi connectivity index (χ0) is 18.2. The van der Waals surface area contributed by atoms with Gasteiger partial charge < -0.3 is 4.90 Å². The van der Waals surface area contributed by atoms with Gasteiger partial charge in [-0.3, -0.25) is 14.5 Å². The van der Waals surface area contributed by atoms with E-state index in [1.807, 2.05) is 4.90 Å². The first-order valence-corrected chi connectivity index (χ1v) is 10.1. The largest absolute Gasteiger partial charge is 0.338 e. The molecule has 1 fully saturated rings. The molecule has 2 aliphatic heterocycles. The highest BCUT2D eigenvalue weighted by Gasteiger charge is 2.33. The monoisotopic (exact) mass is 363 g/mol. The number of nitrogens with one attached hydrogen (secondary N) is 1. The van der Waals surface area contributed by atoms with Crippen LogP contribution in [-0.2, 0) is 14.8 Å². The lowest BCUT2D eigenvalue weighted by Gasteiger charge is -2.30. The van der Waals surface area contributed by atoms with E-state index in [0.717, 1.165) is 25.8 Å². The first-order valence-electron chi connectivity index (χ1n) is 8.63. The van der Waals surface area contributed by atoms with Crippen LogP contribution in [0.5, 0.6) is 0 Å². The number of benzene rings is 1. The van der Waals surface area contributed by atoms with E-state index in [1.54, 1.807) is 24.3 Å². The Labute approximate surface area is 149 Å². The fourth-order valence-corrected chi connectivity index (χ4v) is 4.82. The van der Waals surface area contributed by atoms with Gasteiger partial charge in [-0.1, -0.05) is 32.9 Å². The second kappa shape index (κ2) is 6.44. The Morgan fingerprint density at radius 2 is 2.04 bits per heavy atom. The van der Waals surface area contributed by atoms with E-state index < -0.39 is 10.0 Å². The second-order valence-electron chi connectivity index (χ2n) is 7.91. The number of carbonyl (C=O) groups excluding carboxylic acids is 1. The number of aliphatic imine (C=N–C) groups is 1. The Morgan fingerprint density at radius 3 is 2.76 bits per heavy atom. The van der Waals surface area contributed by atoms with Crippen LogP contribution in [0, 0.1) is 5.41 Å². The van der Waals surface area contributed by atoms with Gasteiger partial charge >= 0.3 is 0 Å². The Hall–Kier alpha value is -1.89. The van der Waals surface area contributed by atoms with Gasteiger partial charge in [-0.15, -0.1) is 0 Å². The van der Waals surface area contributed by atoms with Gasteiger partial charge in [0.15, 0.2) is 0 Å². The maximum Gasteiger partial charge on any atom is 0.263 e. The number of fused-ring (bicyclic) bond motifs is 1. The van der Waals surface area contributed by atoms with Gasteiger partial charge in [0.05, 0.1) is 4.90 Å². The average molecular weight is 363 g/mol. The van der Waals surface area contributed by atoms with Crippen molar-refractivity contribution >= 4 is 21.8 Å². The Morgan fingerprint density at radius 1 is 1.32 bits per heavy atom. The number of likely N-dealkylation sites (tertiary alicyclic amines) is 1. The third-order valence-electron chi connectivity index (χ3n) is 4.58. The lowest BCUT2D eigenvalue weighted by molar-refractivity contribution is -0.130. The SMILES string of the molecule is CC(C)(C)C[C@H]1CCCN1C(=O)CN=C1NS(=O)(=O)c2ccccc21. The van der Waals surface area contributed by atoms with Crippen LogP contribution in [0.4, 0.5) is 0 Å². The number of amides is 1. The normalized spacial score (nSPS) is 23.6. The fraction of sp³-hybridized carbons (Fsp3) is 0.556. The van der Waals surface area contributed by atoms with Crippen LogP contribution in [0.1, 0.15) is 45.6 Å². The maximum atomic E-state index is 12.6. The van der Waals surface area contributed by atoms with Crippen LogP contribution in [0.25, 0.3) is 0 Å². The third-order valence-corrected chi connectivity index (χ3v) is 5.98. The molecule has 3 rings (SSSR count). The smallest absolute Gasteiger partial charge is 0.263 e. The number of hydrogen-bond acceptors (Lipinski definition) is 4. The maximum absolute atomic E-state index is 12.6. The summed E-state index contributed by atoms with van der Waals surface area (Å²) >= 11 is 0. The molecule has 0 spiro atoms. The molecule has 7 heteroatoms. The van der Waals surface area contributed by atoms with Crippen molar-refractivity contribution in [1.29, 1.82) is 0 Å². The van der Waals surface area contributed by atoms with Gasteiger partial charge in [0.1, 0.15) is 12.4 Å². The van der Waals surface area contributed by atoms with E-state index >= 15 is 0 Å². The summed E-state index contributed by atoms with van der Waals surface area (Å²) in [5.41, 5.74) is 0.697. The number of carbonyl (C=O) groups is 1. The van der Waals surface area contributed by atoms with Gasteiger partial charge in [0.25, 0.3) is 10.0 Å². The predicted molar refractivity (Wildman–Crippen MR) is 97.0 cm³/mol. The Balaban J connectivity index is 1.73. The molecule has 1 aromatic rings. The fourth-order valence-electron chi connectivity index (χ4n) is 3.57. The van der Waals surface area contributed by atoms with Crippen LogP contribution in [0.15, 0.2) is 34.2 Å². The molecule has 6 nitrogen and oxygen atoms in total. The summed E-state index contributed by atoms with van der Waals surface area (Å²) in [4.78, 5) is 19.0. The minimum Gasteiger partial charge on any atom is -0.338 e. The topological polar surface area (TPSA) is 78.8 Å². The minimum atomic E-state index is -3.56. The molecule has 0 bridgehead atoms. The van der Waals surface area contributed by atoms with Gasteiger partial charge in [-0.05, 0) is 36.8 Å². The van der Waals surface area contributed by atoms with Crippen LogP contribution in [0.2, 0.25) is 0 Å². The lowest BCUT2D eigenvalue weighted by atomic mass is 9.87. The molecule has 0 unspecified atom stereocenters. The molecule has 1 amide bonds. The zero-order valence-electron chi connectivity index (χ0n) is 14.9. The molecule has 0 aliphatic carbocycles. The number of rotatable bonds is 3. The standard InChI is InChI=1S/C18H25N3O3S/c1-18(2,3)11-13-7-6-10-21(13)16(22)12-19-17-14-8-4-5-9-15(14)25(23,24)20-17/h4-5,8-9,13H,6-7,10-12H2,1-3H3,(H,19,20)/t13-/m1/s1. The van der Waals surface area contributed by atoms with E-state index in [2.05, 4.69) is 30.5 Å². The van der Waals surface area contributed by atoms with Crippen molar-refractivity contribution in [3.05, 3.63) is 29.8 Å². The average Bonchev–Trinajstić information content (AvgIpc) is 3.06. The van der Waals surface area contributed by atoms with E-state index in [1.165, 1.54) is 0 Å². The summed E-state index contributed by atoms with van der Waals surface area (Å²) in [6.45, 7) is 7.26. The zero-order valence-corrected chi connectivity index (χ0v) is 15.8. The number of amidine groups is 1. The molecule has 1 N–H and O–H groups in total. The highest BCUT2D eigenvalue weighted by Crippen LogP contribution is 2.30. The van der Waals surface area contributed by atoms with Crippen molar-refractivity contribution in [2.75, 3.05) is 13.1 Å². The van der Waals surface area contributed by atoms with Crippen molar-refractivity contribution in [1.82, 2.24) is 9.62 Å². The van der Waals surface area contributed by atoms with E-state index in [-0.39, 0.29) is 34.6 Å².